The number of fused-ring (bicyclic) bond motifs is 1. The van der Waals surface area contributed by atoms with E-state index in [0.717, 1.165) is 12.1 Å². The van der Waals surface area contributed by atoms with Crippen LogP contribution in [0.1, 0.15) is 31.1 Å². The highest BCUT2D eigenvalue weighted by Gasteiger charge is 2.29. The van der Waals surface area contributed by atoms with E-state index in [1.165, 1.54) is 6.07 Å². The van der Waals surface area contributed by atoms with Crippen molar-refractivity contribution in [2.75, 3.05) is 19.8 Å². The van der Waals surface area contributed by atoms with Gasteiger partial charge in [0.1, 0.15) is 6.10 Å². The number of nitrogens with one attached hydrogen (secondary N) is 1. The van der Waals surface area contributed by atoms with Crippen LogP contribution in [0.3, 0.4) is 0 Å². The highest BCUT2D eigenvalue weighted by Crippen LogP contribution is 2.33. The van der Waals surface area contributed by atoms with Gasteiger partial charge in [-0.25, -0.2) is 18.1 Å². The van der Waals surface area contributed by atoms with Crippen LogP contribution in [0.4, 0.5) is 0 Å². The molecular weight excluding hydrogens is 370 g/mol. The van der Waals surface area contributed by atoms with Crippen LogP contribution in [0.25, 0.3) is 0 Å². The van der Waals surface area contributed by atoms with Crippen molar-refractivity contribution in [1.29, 1.82) is 0 Å². The number of sulfonamides is 1. The van der Waals surface area contributed by atoms with Gasteiger partial charge in [-0.1, -0.05) is 0 Å². The van der Waals surface area contributed by atoms with E-state index >= 15 is 0 Å². The molecule has 8 nitrogen and oxygen atoms in total. The van der Waals surface area contributed by atoms with Gasteiger partial charge in [-0.2, -0.15) is 0 Å². The summed E-state index contributed by atoms with van der Waals surface area (Å²) in [5.41, 5.74) is 0.939. The standard InChI is InChI=1S/C18H23N3O5S/c1-21-12-19-11-15(21)17-9-13(5-8-26-17)20-27(22,23)14-3-4-16-18(10-14)25-7-2-6-24-16/h3-4,10-13,17,20H,2,5-9H2,1H3/t13-,17-/m1/s1. The maximum Gasteiger partial charge on any atom is 0.240 e. The van der Waals surface area contributed by atoms with Gasteiger partial charge >= 0.3 is 0 Å². The Labute approximate surface area is 158 Å². The van der Waals surface area contributed by atoms with Gasteiger partial charge in [-0.3, -0.25) is 0 Å². The average Bonchev–Trinajstić information content (AvgIpc) is 2.94. The number of hydrogen-bond acceptors (Lipinski definition) is 6. The number of ether oxygens (including phenoxy) is 3. The lowest BCUT2D eigenvalue weighted by atomic mass is 10.0. The molecule has 9 heteroatoms. The van der Waals surface area contributed by atoms with Crippen molar-refractivity contribution in [2.45, 2.75) is 36.3 Å². The van der Waals surface area contributed by atoms with Gasteiger partial charge in [0.05, 0.1) is 36.3 Å². The predicted octanol–water partition coefficient (Wildman–Crippen LogP) is 1.78. The van der Waals surface area contributed by atoms with E-state index in [1.807, 2.05) is 11.6 Å². The Morgan fingerprint density at radius 3 is 2.78 bits per heavy atom. The SMILES string of the molecule is Cn1cncc1[C@H]1C[C@H](NS(=O)(=O)c2ccc3c(c2)OCCCO3)CCO1. The lowest BCUT2D eigenvalue weighted by Crippen LogP contribution is -2.40. The van der Waals surface area contributed by atoms with Crippen molar-refractivity contribution >= 4 is 10.0 Å². The number of aryl methyl sites for hydroxylation is 1. The van der Waals surface area contributed by atoms with Crippen molar-refractivity contribution in [3.63, 3.8) is 0 Å². The van der Waals surface area contributed by atoms with E-state index in [0.29, 0.717) is 44.2 Å². The molecule has 0 amide bonds. The Morgan fingerprint density at radius 2 is 2.00 bits per heavy atom. The van der Waals surface area contributed by atoms with Crippen LogP contribution in [0.2, 0.25) is 0 Å². The zero-order valence-electron chi connectivity index (χ0n) is 15.1. The summed E-state index contributed by atoms with van der Waals surface area (Å²) in [5.74, 6) is 1.05. The van der Waals surface area contributed by atoms with Crippen LogP contribution in [-0.2, 0) is 21.8 Å². The first-order valence-electron chi connectivity index (χ1n) is 9.03. The Hall–Kier alpha value is -2.10. The largest absolute Gasteiger partial charge is 0.490 e. The zero-order chi connectivity index (χ0) is 18.9. The molecule has 1 aromatic carbocycles. The number of imidazole rings is 1. The predicted molar refractivity (Wildman–Crippen MR) is 97.3 cm³/mol. The molecule has 1 N–H and O–H groups in total. The molecule has 0 radical (unpaired) electrons. The third-order valence-electron chi connectivity index (χ3n) is 4.82. The smallest absolute Gasteiger partial charge is 0.240 e. The maximum absolute atomic E-state index is 12.9. The van der Waals surface area contributed by atoms with E-state index in [1.54, 1.807) is 24.7 Å². The molecule has 3 heterocycles. The molecule has 2 aliphatic heterocycles. The summed E-state index contributed by atoms with van der Waals surface area (Å²) in [7, 11) is -1.77. The Balaban J connectivity index is 1.49. The van der Waals surface area contributed by atoms with E-state index in [2.05, 4.69) is 9.71 Å². The highest BCUT2D eigenvalue weighted by molar-refractivity contribution is 7.89. The Bertz CT molecular complexity index is 911. The van der Waals surface area contributed by atoms with Gasteiger partial charge < -0.3 is 18.8 Å². The summed E-state index contributed by atoms with van der Waals surface area (Å²) in [5, 5.41) is 0. The van der Waals surface area contributed by atoms with Crippen molar-refractivity contribution < 1.29 is 22.6 Å². The molecule has 0 aliphatic carbocycles. The second-order valence-electron chi connectivity index (χ2n) is 6.79. The second kappa shape index (κ2) is 7.49. The fraction of sp³-hybridized carbons (Fsp3) is 0.500. The molecule has 1 fully saturated rings. The normalized spacial score (nSPS) is 23.0. The summed E-state index contributed by atoms with van der Waals surface area (Å²) < 4.78 is 47.4. The minimum Gasteiger partial charge on any atom is -0.490 e. The third kappa shape index (κ3) is 3.95. The quantitative estimate of drug-likeness (QED) is 0.851. The van der Waals surface area contributed by atoms with Crippen LogP contribution >= 0.6 is 0 Å². The van der Waals surface area contributed by atoms with Crippen LogP contribution in [0.15, 0.2) is 35.6 Å². The van der Waals surface area contributed by atoms with Gasteiger partial charge in [-0.05, 0) is 25.0 Å². The number of benzene rings is 1. The molecule has 0 spiro atoms. The number of nitrogens with zero attached hydrogens (tertiary/aromatic N) is 2. The molecule has 27 heavy (non-hydrogen) atoms. The molecular formula is C18H23N3O5S. The van der Waals surface area contributed by atoms with Crippen molar-refractivity contribution in [1.82, 2.24) is 14.3 Å². The van der Waals surface area contributed by atoms with E-state index in [-0.39, 0.29) is 17.0 Å². The molecule has 0 saturated carbocycles. The summed E-state index contributed by atoms with van der Waals surface area (Å²) in [6.45, 7) is 1.56. The van der Waals surface area contributed by atoms with E-state index in [9.17, 15) is 8.42 Å². The summed E-state index contributed by atoms with van der Waals surface area (Å²) in [4.78, 5) is 4.29. The monoisotopic (exact) mass is 393 g/mol. The minimum atomic E-state index is -3.67. The Kier molecular flexibility index (Phi) is 5.07. The molecule has 146 valence electrons. The van der Waals surface area contributed by atoms with Gasteiger partial charge in [0, 0.05) is 32.2 Å². The van der Waals surface area contributed by atoms with Crippen LogP contribution in [0, 0.1) is 0 Å². The first-order valence-corrected chi connectivity index (χ1v) is 10.5. The van der Waals surface area contributed by atoms with Gasteiger partial charge in [0.15, 0.2) is 11.5 Å². The van der Waals surface area contributed by atoms with Crippen molar-refractivity contribution in [3.8, 4) is 11.5 Å². The number of rotatable bonds is 4. The zero-order valence-corrected chi connectivity index (χ0v) is 15.9. The molecule has 2 atom stereocenters. The molecule has 0 bridgehead atoms. The van der Waals surface area contributed by atoms with Crippen molar-refractivity contribution in [2.24, 2.45) is 7.05 Å². The van der Waals surface area contributed by atoms with Gasteiger partial charge in [0.2, 0.25) is 10.0 Å². The highest BCUT2D eigenvalue weighted by atomic mass is 32.2. The lowest BCUT2D eigenvalue weighted by Gasteiger charge is -2.30. The molecule has 1 aromatic heterocycles. The van der Waals surface area contributed by atoms with Crippen LogP contribution < -0.4 is 14.2 Å². The maximum atomic E-state index is 12.9. The fourth-order valence-electron chi connectivity index (χ4n) is 3.39. The average molecular weight is 393 g/mol. The summed E-state index contributed by atoms with van der Waals surface area (Å²) in [6.07, 6.45) is 5.24. The molecule has 0 unspecified atom stereocenters. The number of aromatic nitrogens is 2. The van der Waals surface area contributed by atoms with E-state index < -0.39 is 10.0 Å². The van der Waals surface area contributed by atoms with Crippen LogP contribution in [-0.4, -0.2) is 43.8 Å². The fourth-order valence-corrected chi connectivity index (χ4v) is 4.68. The molecule has 4 rings (SSSR count). The third-order valence-corrected chi connectivity index (χ3v) is 6.34. The van der Waals surface area contributed by atoms with Crippen LogP contribution in [0.5, 0.6) is 11.5 Å². The summed E-state index contributed by atoms with van der Waals surface area (Å²) in [6, 6.07) is 4.52. The minimum absolute atomic E-state index is 0.176. The molecule has 2 aliphatic rings. The van der Waals surface area contributed by atoms with Crippen molar-refractivity contribution in [3.05, 3.63) is 36.4 Å². The van der Waals surface area contributed by atoms with Gasteiger partial charge in [-0.15, -0.1) is 0 Å². The first kappa shape index (κ1) is 18.3. The second-order valence-corrected chi connectivity index (χ2v) is 8.50. The molecule has 2 aromatic rings. The first-order chi connectivity index (χ1) is 13.0. The topological polar surface area (TPSA) is 91.7 Å². The number of hydrogen-bond donors (Lipinski definition) is 1. The Morgan fingerprint density at radius 1 is 1.19 bits per heavy atom. The molecule has 1 saturated heterocycles. The lowest BCUT2D eigenvalue weighted by molar-refractivity contribution is -0.0000453. The van der Waals surface area contributed by atoms with Gasteiger partial charge in [0.25, 0.3) is 0 Å². The summed E-state index contributed by atoms with van der Waals surface area (Å²) >= 11 is 0. The van der Waals surface area contributed by atoms with E-state index in [4.69, 9.17) is 14.2 Å².